The predicted molar refractivity (Wildman–Crippen MR) is 113 cm³/mol. The lowest BCUT2D eigenvalue weighted by Crippen LogP contribution is -2.46. The summed E-state index contributed by atoms with van der Waals surface area (Å²) in [6.45, 7) is 4.58. The molecule has 0 saturated carbocycles. The standard InChI is InChI=1S/C23H30N2O4/c1-17-7-5-8-19(15-17)16-25(18(2)23(27)24-3)22(26)9-6-14-29-21-12-10-20(28-4)11-13-21/h5,7-8,10-13,15,18H,6,9,14,16H2,1-4H3,(H,24,27)/t18-/m1/s1. The summed E-state index contributed by atoms with van der Waals surface area (Å²) in [5.74, 6) is 1.25. The van der Waals surface area contributed by atoms with Crippen LogP contribution < -0.4 is 14.8 Å². The molecule has 2 rings (SSSR count). The molecule has 1 atom stereocenters. The molecule has 2 aromatic rings. The van der Waals surface area contributed by atoms with Gasteiger partial charge in [0, 0.05) is 20.0 Å². The number of benzene rings is 2. The van der Waals surface area contributed by atoms with Crippen molar-refractivity contribution in [3.8, 4) is 11.5 Å². The van der Waals surface area contributed by atoms with Crippen molar-refractivity contribution in [2.24, 2.45) is 0 Å². The highest BCUT2D eigenvalue weighted by atomic mass is 16.5. The van der Waals surface area contributed by atoms with Crippen LogP contribution in [0.3, 0.4) is 0 Å². The Morgan fingerprint density at radius 1 is 1.10 bits per heavy atom. The third-order valence-corrected chi connectivity index (χ3v) is 4.71. The molecule has 0 bridgehead atoms. The molecule has 0 aliphatic carbocycles. The van der Waals surface area contributed by atoms with Gasteiger partial charge in [0.2, 0.25) is 11.8 Å². The van der Waals surface area contributed by atoms with Crippen molar-refractivity contribution in [2.75, 3.05) is 20.8 Å². The Balaban J connectivity index is 1.94. The number of carbonyl (C=O) groups excluding carboxylic acids is 2. The third kappa shape index (κ3) is 6.82. The maximum absolute atomic E-state index is 12.9. The second kappa shape index (κ2) is 11.1. The molecule has 0 saturated heterocycles. The van der Waals surface area contributed by atoms with Crippen molar-refractivity contribution in [3.63, 3.8) is 0 Å². The Morgan fingerprint density at radius 2 is 1.79 bits per heavy atom. The summed E-state index contributed by atoms with van der Waals surface area (Å²) in [5.41, 5.74) is 2.12. The highest BCUT2D eigenvalue weighted by Crippen LogP contribution is 2.18. The second-order valence-electron chi connectivity index (χ2n) is 6.93. The number of hydrogen-bond acceptors (Lipinski definition) is 4. The molecule has 29 heavy (non-hydrogen) atoms. The zero-order valence-corrected chi connectivity index (χ0v) is 17.6. The molecule has 156 valence electrons. The first-order valence-electron chi connectivity index (χ1n) is 9.78. The molecule has 0 unspecified atom stereocenters. The molecule has 0 heterocycles. The fourth-order valence-electron chi connectivity index (χ4n) is 3.03. The van der Waals surface area contributed by atoms with Crippen molar-refractivity contribution >= 4 is 11.8 Å². The maximum atomic E-state index is 12.9. The Morgan fingerprint density at radius 3 is 2.41 bits per heavy atom. The van der Waals surface area contributed by atoms with Crippen molar-refractivity contribution in [1.29, 1.82) is 0 Å². The molecule has 0 fully saturated rings. The zero-order valence-electron chi connectivity index (χ0n) is 17.6. The molecule has 0 aliphatic heterocycles. The molecule has 0 aliphatic rings. The molecule has 2 aromatic carbocycles. The van der Waals surface area contributed by atoms with Crippen LogP contribution in [-0.2, 0) is 16.1 Å². The average Bonchev–Trinajstić information content (AvgIpc) is 2.74. The SMILES string of the molecule is CNC(=O)[C@@H](C)N(Cc1cccc(C)c1)C(=O)CCCOc1ccc(OC)cc1. The summed E-state index contributed by atoms with van der Waals surface area (Å²) < 4.78 is 10.8. The zero-order chi connectivity index (χ0) is 21.2. The number of aryl methyl sites for hydroxylation is 1. The Labute approximate surface area is 172 Å². The fraction of sp³-hybridized carbons (Fsp3) is 0.391. The van der Waals surface area contributed by atoms with E-state index in [9.17, 15) is 9.59 Å². The van der Waals surface area contributed by atoms with Crippen LogP contribution in [0.15, 0.2) is 48.5 Å². The van der Waals surface area contributed by atoms with Gasteiger partial charge in [0.1, 0.15) is 17.5 Å². The van der Waals surface area contributed by atoms with Gasteiger partial charge >= 0.3 is 0 Å². The highest BCUT2D eigenvalue weighted by Gasteiger charge is 2.25. The van der Waals surface area contributed by atoms with Gasteiger partial charge in [-0.3, -0.25) is 9.59 Å². The number of amides is 2. The smallest absolute Gasteiger partial charge is 0.242 e. The number of nitrogens with one attached hydrogen (secondary N) is 1. The molecule has 0 spiro atoms. The van der Waals surface area contributed by atoms with E-state index in [4.69, 9.17) is 9.47 Å². The van der Waals surface area contributed by atoms with Crippen molar-refractivity contribution < 1.29 is 19.1 Å². The third-order valence-electron chi connectivity index (χ3n) is 4.71. The molecule has 6 heteroatoms. The number of hydrogen-bond donors (Lipinski definition) is 1. The topological polar surface area (TPSA) is 67.9 Å². The molecule has 0 radical (unpaired) electrons. The number of methoxy groups -OCH3 is 1. The summed E-state index contributed by atoms with van der Waals surface area (Å²) in [6, 6.07) is 14.7. The molecule has 2 amide bonds. The number of carbonyl (C=O) groups is 2. The largest absolute Gasteiger partial charge is 0.497 e. The normalized spacial score (nSPS) is 11.4. The Hall–Kier alpha value is -3.02. The maximum Gasteiger partial charge on any atom is 0.242 e. The monoisotopic (exact) mass is 398 g/mol. The van der Waals surface area contributed by atoms with E-state index < -0.39 is 6.04 Å². The number of likely N-dealkylation sites (N-methyl/N-ethyl adjacent to an activating group) is 1. The van der Waals surface area contributed by atoms with Crippen molar-refractivity contribution in [3.05, 3.63) is 59.7 Å². The van der Waals surface area contributed by atoms with Gasteiger partial charge in [-0.25, -0.2) is 0 Å². The van der Waals surface area contributed by atoms with E-state index in [1.807, 2.05) is 55.5 Å². The molecule has 6 nitrogen and oxygen atoms in total. The van der Waals surface area contributed by atoms with Crippen molar-refractivity contribution in [2.45, 2.75) is 39.3 Å². The van der Waals surface area contributed by atoms with E-state index in [0.29, 0.717) is 26.0 Å². The summed E-state index contributed by atoms with van der Waals surface area (Å²) >= 11 is 0. The number of ether oxygens (including phenoxy) is 2. The first-order valence-corrected chi connectivity index (χ1v) is 9.78. The van der Waals surface area contributed by atoms with Crippen LogP contribution >= 0.6 is 0 Å². The van der Waals surface area contributed by atoms with E-state index in [0.717, 1.165) is 22.6 Å². The van der Waals surface area contributed by atoms with Crippen LogP contribution in [-0.4, -0.2) is 43.5 Å². The van der Waals surface area contributed by atoms with E-state index >= 15 is 0 Å². The summed E-state index contributed by atoms with van der Waals surface area (Å²) in [5, 5.41) is 2.63. The first-order chi connectivity index (χ1) is 13.9. The number of rotatable bonds is 10. The van der Waals surface area contributed by atoms with Crippen LogP contribution in [0, 0.1) is 6.92 Å². The van der Waals surface area contributed by atoms with Gasteiger partial charge in [0.05, 0.1) is 13.7 Å². The van der Waals surface area contributed by atoms with Gasteiger partial charge in [-0.15, -0.1) is 0 Å². The van der Waals surface area contributed by atoms with Crippen LogP contribution in [0.1, 0.15) is 30.9 Å². The predicted octanol–water partition coefficient (Wildman–Crippen LogP) is 3.33. The lowest BCUT2D eigenvalue weighted by Gasteiger charge is -2.28. The van der Waals surface area contributed by atoms with Gasteiger partial charge in [0.25, 0.3) is 0 Å². The molecular formula is C23H30N2O4. The van der Waals surface area contributed by atoms with Gasteiger partial charge in [-0.1, -0.05) is 29.8 Å². The van der Waals surface area contributed by atoms with Crippen LogP contribution in [0.2, 0.25) is 0 Å². The molecule has 1 N–H and O–H groups in total. The number of nitrogens with zero attached hydrogens (tertiary/aromatic N) is 1. The van der Waals surface area contributed by atoms with Crippen LogP contribution in [0.4, 0.5) is 0 Å². The molecular weight excluding hydrogens is 368 g/mol. The average molecular weight is 399 g/mol. The van der Waals surface area contributed by atoms with Crippen molar-refractivity contribution in [1.82, 2.24) is 10.2 Å². The van der Waals surface area contributed by atoms with Gasteiger partial charge in [0.15, 0.2) is 0 Å². The van der Waals surface area contributed by atoms with Crippen LogP contribution in [0.5, 0.6) is 11.5 Å². The van der Waals surface area contributed by atoms with E-state index in [2.05, 4.69) is 5.32 Å². The summed E-state index contributed by atoms with van der Waals surface area (Å²) in [6.07, 6.45) is 0.874. The quantitative estimate of drug-likeness (QED) is 0.624. The lowest BCUT2D eigenvalue weighted by molar-refractivity contribution is -0.140. The highest BCUT2D eigenvalue weighted by molar-refractivity contribution is 5.87. The van der Waals surface area contributed by atoms with Gasteiger partial charge in [-0.2, -0.15) is 0 Å². The fourth-order valence-corrected chi connectivity index (χ4v) is 3.03. The second-order valence-corrected chi connectivity index (χ2v) is 6.93. The minimum atomic E-state index is -0.546. The Kier molecular flexibility index (Phi) is 8.52. The summed E-state index contributed by atoms with van der Waals surface area (Å²) in [4.78, 5) is 26.6. The van der Waals surface area contributed by atoms with Crippen LogP contribution in [0.25, 0.3) is 0 Å². The van der Waals surface area contributed by atoms with Gasteiger partial charge < -0.3 is 19.7 Å². The van der Waals surface area contributed by atoms with E-state index in [1.54, 1.807) is 26.0 Å². The van der Waals surface area contributed by atoms with Gasteiger partial charge in [-0.05, 0) is 50.1 Å². The van der Waals surface area contributed by atoms with E-state index in [1.165, 1.54) is 0 Å². The van der Waals surface area contributed by atoms with E-state index in [-0.39, 0.29) is 11.8 Å². The molecule has 0 aromatic heterocycles. The summed E-state index contributed by atoms with van der Waals surface area (Å²) in [7, 11) is 3.20. The lowest BCUT2D eigenvalue weighted by atomic mass is 10.1. The minimum Gasteiger partial charge on any atom is -0.497 e. The minimum absolute atomic E-state index is 0.0686. The first kappa shape index (κ1) is 22.3. The Bertz CT molecular complexity index is 805.